The number of hydrogen-bond donors (Lipinski definition) is 2. The highest BCUT2D eigenvalue weighted by Gasteiger charge is 2.36. The minimum Gasteiger partial charge on any atom is -0.377 e. The Balaban J connectivity index is 1.65. The number of hydrogen-bond acceptors (Lipinski definition) is 6. The largest absolute Gasteiger partial charge is 0.377 e. The molecule has 0 aromatic heterocycles. The third-order valence-corrected chi connectivity index (χ3v) is 3.16. The summed E-state index contributed by atoms with van der Waals surface area (Å²) in [5.74, 6) is -1.21. The van der Waals surface area contributed by atoms with E-state index in [4.69, 9.17) is 15.3 Å². The van der Waals surface area contributed by atoms with Gasteiger partial charge in [-0.1, -0.05) is 12.1 Å². The Hall–Kier alpha value is -2.29. The van der Waals surface area contributed by atoms with Crippen LogP contribution in [0.2, 0.25) is 0 Å². The molecule has 1 aromatic carbocycles. The number of fused-ring (bicyclic) bond motifs is 1. The number of amides is 3. The first kappa shape index (κ1) is 17.1. The molecule has 8 nitrogen and oxygen atoms in total. The summed E-state index contributed by atoms with van der Waals surface area (Å²) < 4.78 is 5.24. The Bertz CT molecular complexity index is 568. The summed E-state index contributed by atoms with van der Waals surface area (Å²) in [6, 6.07) is 5.97. The predicted octanol–water partition coefficient (Wildman–Crippen LogP) is -0.306. The Morgan fingerprint density at radius 1 is 1.17 bits per heavy atom. The van der Waals surface area contributed by atoms with Crippen molar-refractivity contribution in [3.63, 3.8) is 0 Å². The summed E-state index contributed by atoms with van der Waals surface area (Å²) in [4.78, 5) is 40.3. The molecule has 0 fully saturated rings. The van der Waals surface area contributed by atoms with E-state index < -0.39 is 17.9 Å². The molecule has 0 saturated carbocycles. The van der Waals surface area contributed by atoms with Crippen molar-refractivity contribution in [3.05, 3.63) is 35.4 Å². The lowest BCUT2D eigenvalue weighted by atomic mass is 10.1. The van der Waals surface area contributed by atoms with Gasteiger partial charge in [0, 0.05) is 6.54 Å². The molecule has 0 spiro atoms. The van der Waals surface area contributed by atoms with E-state index in [0.717, 1.165) is 5.06 Å². The third kappa shape index (κ3) is 4.13. The molecule has 3 amide bonds. The molecule has 23 heavy (non-hydrogen) atoms. The van der Waals surface area contributed by atoms with Gasteiger partial charge in [-0.3, -0.25) is 19.2 Å². The van der Waals surface area contributed by atoms with Gasteiger partial charge in [0.15, 0.2) is 0 Å². The van der Waals surface area contributed by atoms with Gasteiger partial charge >= 0.3 is 0 Å². The van der Waals surface area contributed by atoms with Gasteiger partial charge in [0.05, 0.1) is 37.0 Å². The number of nitrogens with two attached hydrogens (primary N) is 1. The molecular weight excluding hydrogens is 302 g/mol. The van der Waals surface area contributed by atoms with Gasteiger partial charge in [0.25, 0.3) is 11.8 Å². The molecule has 0 bridgehead atoms. The van der Waals surface area contributed by atoms with E-state index in [-0.39, 0.29) is 25.7 Å². The normalized spacial score (nSPS) is 14.8. The standard InChI is InChI=1S/C15H19N3O5/c1-10(16)13(19)17-6-7-22-8-9-23-18-14(20)11-4-2-3-5-12(11)15(18)21/h2-5,10H,6-9,16H2,1H3,(H,17,19)/t10-/m0/s1. The van der Waals surface area contributed by atoms with Crippen molar-refractivity contribution in [1.82, 2.24) is 10.4 Å². The van der Waals surface area contributed by atoms with E-state index in [0.29, 0.717) is 17.7 Å². The summed E-state index contributed by atoms with van der Waals surface area (Å²) in [6.45, 7) is 2.43. The van der Waals surface area contributed by atoms with E-state index in [9.17, 15) is 14.4 Å². The van der Waals surface area contributed by atoms with Crippen molar-refractivity contribution in [3.8, 4) is 0 Å². The van der Waals surface area contributed by atoms with Gasteiger partial charge in [0.1, 0.15) is 0 Å². The van der Waals surface area contributed by atoms with E-state index in [1.54, 1.807) is 31.2 Å². The lowest BCUT2D eigenvalue weighted by molar-refractivity contribution is -0.122. The zero-order valence-electron chi connectivity index (χ0n) is 12.8. The quantitative estimate of drug-likeness (QED) is 0.502. The number of nitrogens with one attached hydrogen (secondary N) is 1. The average molecular weight is 321 g/mol. The number of nitrogens with zero attached hydrogens (tertiary/aromatic N) is 1. The van der Waals surface area contributed by atoms with Crippen LogP contribution in [0.25, 0.3) is 0 Å². The summed E-state index contributed by atoms with van der Waals surface area (Å²) in [5.41, 5.74) is 6.05. The van der Waals surface area contributed by atoms with Crippen LogP contribution in [0.1, 0.15) is 27.6 Å². The first-order chi connectivity index (χ1) is 11.0. The van der Waals surface area contributed by atoms with Crippen LogP contribution in [-0.2, 0) is 14.4 Å². The molecular formula is C15H19N3O5. The summed E-state index contributed by atoms with van der Waals surface area (Å²) in [5, 5.41) is 3.33. The maximum Gasteiger partial charge on any atom is 0.285 e. The zero-order chi connectivity index (χ0) is 16.8. The number of benzene rings is 1. The van der Waals surface area contributed by atoms with Crippen LogP contribution in [0, 0.1) is 0 Å². The third-order valence-electron chi connectivity index (χ3n) is 3.16. The smallest absolute Gasteiger partial charge is 0.285 e. The van der Waals surface area contributed by atoms with E-state index >= 15 is 0 Å². The van der Waals surface area contributed by atoms with Crippen LogP contribution in [-0.4, -0.2) is 55.2 Å². The van der Waals surface area contributed by atoms with Crippen LogP contribution < -0.4 is 11.1 Å². The van der Waals surface area contributed by atoms with Gasteiger partial charge in [-0.2, -0.15) is 0 Å². The Kier molecular flexibility index (Phi) is 5.80. The van der Waals surface area contributed by atoms with Crippen molar-refractivity contribution in [1.29, 1.82) is 0 Å². The SMILES string of the molecule is C[C@H](N)C(=O)NCCOCCON1C(=O)c2ccccc2C1=O. The van der Waals surface area contributed by atoms with Crippen LogP contribution in [0.4, 0.5) is 0 Å². The molecule has 0 unspecified atom stereocenters. The lowest BCUT2D eigenvalue weighted by Crippen LogP contribution is -2.39. The van der Waals surface area contributed by atoms with Gasteiger partial charge in [0.2, 0.25) is 5.91 Å². The van der Waals surface area contributed by atoms with Gasteiger partial charge in [-0.05, 0) is 19.1 Å². The van der Waals surface area contributed by atoms with E-state index in [1.165, 1.54) is 0 Å². The molecule has 1 aromatic rings. The second-order valence-corrected chi connectivity index (χ2v) is 4.98. The highest BCUT2D eigenvalue weighted by atomic mass is 16.7. The molecule has 3 N–H and O–H groups in total. The number of carbonyl (C=O) groups excluding carboxylic acids is 3. The van der Waals surface area contributed by atoms with Crippen LogP contribution in [0.15, 0.2) is 24.3 Å². The number of carbonyl (C=O) groups is 3. The van der Waals surface area contributed by atoms with Crippen molar-refractivity contribution < 1.29 is 24.0 Å². The molecule has 1 aliphatic rings. The fourth-order valence-corrected chi connectivity index (χ4v) is 1.98. The average Bonchev–Trinajstić information content (AvgIpc) is 2.78. The topological polar surface area (TPSA) is 111 Å². The predicted molar refractivity (Wildman–Crippen MR) is 80.4 cm³/mol. The fraction of sp³-hybridized carbons (Fsp3) is 0.400. The maximum atomic E-state index is 12.0. The Labute approximate surface area is 133 Å². The van der Waals surface area contributed by atoms with Crippen molar-refractivity contribution in [2.24, 2.45) is 5.73 Å². The second-order valence-electron chi connectivity index (χ2n) is 4.98. The summed E-state index contributed by atoms with van der Waals surface area (Å²) >= 11 is 0. The highest BCUT2D eigenvalue weighted by Crippen LogP contribution is 2.22. The molecule has 1 heterocycles. The molecule has 0 aliphatic carbocycles. The number of hydroxylamine groups is 2. The maximum absolute atomic E-state index is 12.0. The molecule has 0 radical (unpaired) electrons. The van der Waals surface area contributed by atoms with E-state index in [2.05, 4.69) is 5.32 Å². The Morgan fingerprint density at radius 3 is 2.35 bits per heavy atom. The van der Waals surface area contributed by atoms with Gasteiger partial charge < -0.3 is 15.8 Å². The summed E-state index contributed by atoms with van der Waals surface area (Å²) in [7, 11) is 0. The van der Waals surface area contributed by atoms with Crippen LogP contribution in [0.5, 0.6) is 0 Å². The number of ether oxygens (including phenoxy) is 1. The van der Waals surface area contributed by atoms with Gasteiger partial charge in [-0.15, -0.1) is 5.06 Å². The van der Waals surface area contributed by atoms with Crippen molar-refractivity contribution in [2.75, 3.05) is 26.4 Å². The molecule has 1 atom stereocenters. The molecule has 2 rings (SSSR count). The minimum absolute atomic E-state index is 0.0483. The highest BCUT2D eigenvalue weighted by molar-refractivity contribution is 6.20. The number of rotatable bonds is 8. The number of imide groups is 1. The first-order valence-electron chi connectivity index (χ1n) is 7.24. The van der Waals surface area contributed by atoms with E-state index in [1.807, 2.05) is 0 Å². The van der Waals surface area contributed by atoms with Crippen LogP contribution >= 0.6 is 0 Å². The van der Waals surface area contributed by atoms with Crippen molar-refractivity contribution >= 4 is 17.7 Å². The zero-order valence-corrected chi connectivity index (χ0v) is 12.8. The fourth-order valence-electron chi connectivity index (χ4n) is 1.98. The minimum atomic E-state index is -0.563. The monoisotopic (exact) mass is 321 g/mol. The second kappa shape index (κ2) is 7.82. The first-order valence-corrected chi connectivity index (χ1v) is 7.24. The molecule has 8 heteroatoms. The molecule has 124 valence electrons. The van der Waals surface area contributed by atoms with Crippen LogP contribution in [0.3, 0.4) is 0 Å². The van der Waals surface area contributed by atoms with Gasteiger partial charge in [-0.25, -0.2) is 0 Å². The lowest BCUT2D eigenvalue weighted by Gasteiger charge is -2.13. The Morgan fingerprint density at radius 2 is 1.78 bits per heavy atom. The molecule has 0 saturated heterocycles. The summed E-state index contributed by atoms with van der Waals surface area (Å²) in [6.07, 6.45) is 0. The molecule has 1 aliphatic heterocycles. The van der Waals surface area contributed by atoms with Crippen molar-refractivity contribution in [2.45, 2.75) is 13.0 Å².